The highest BCUT2D eigenvalue weighted by Gasteiger charge is 2.34. The predicted molar refractivity (Wildman–Crippen MR) is 120 cm³/mol. The van der Waals surface area contributed by atoms with Gasteiger partial charge in [0, 0.05) is 25.6 Å². The molecule has 0 saturated carbocycles. The lowest BCUT2D eigenvalue weighted by molar-refractivity contribution is -0.117. The van der Waals surface area contributed by atoms with Crippen molar-refractivity contribution in [1.82, 2.24) is 10.3 Å². The summed E-state index contributed by atoms with van der Waals surface area (Å²) >= 11 is 0. The Hall–Kier alpha value is -3.46. The molecule has 9 heteroatoms. The number of benzene rings is 1. The maximum Gasteiger partial charge on any atom is 0.415 e. The first-order valence-corrected chi connectivity index (χ1v) is 11.0. The number of anilines is 2. The van der Waals surface area contributed by atoms with Gasteiger partial charge in [0.05, 0.1) is 24.3 Å². The number of rotatable bonds is 6. The van der Waals surface area contributed by atoms with Crippen LogP contribution in [0.5, 0.6) is 5.75 Å². The normalized spacial score (nSPS) is 19.5. The molecule has 3 aliphatic rings. The number of hydrogen-bond acceptors (Lipinski definition) is 6. The molecule has 2 aromatic rings. The maximum atomic E-state index is 14.4. The number of aromatic nitrogens is 1. The summed E-state index contributed by atoms with van der Waals surface area (Å²) in [5, 5.41) is 3.22. The van der Waals surface area contributed by atoms with Crippen molar-refractivity contribution in [2.24, 2.45) is 0 Å². The molecule has 1 fully saturated rings. The molecule has 1 atom stereocenters. The summed E-state index contributed by atoms with van der Waals surface area (Å²) in [6.07, 6.45) is 0.752. The summed E-state index contributed by atoms with van der Waals surface area (Å²) < 4.78 is 25.5. The summed E-state index contributed by atoms with van der Waals surface area (Å²) in [4.78, 5) is 32.0. The van der Waals surface area contributed by atoms with Gasteiger partial charge in [-0.15, -0.1) is 0 Å². The lowest BCUT2D eigenvalue weighted by Crippen LogP contribution is -2.28. The number of nitrogens with zero attached hydrogens (tertiary/aromatic N) is 3. The molecule has 1 unspecified atom stereocenters. The van der Waals surface area contributed by atoms with Gasteiger partial charge in [0.25, 0.3) is 0 Å². The Bertz CT molecular complexity index is 1150. The van der Waals surface area contributed by atoms with Crippen LogP contribution in [-0.4, -0.2) is 49.8 Å². The van der Waals surface area contributed by atoms with Crippen LogP contribution in [0.25, 0.3) is 0 Å². The highest BCUT2D eigenvalue weighted by atomic mass is 19.1. The van der Waals surface area contributed by atoms with E-state index in [9.17, 15) is 14.0 Å². The third kappa shape index (κ3) is 4.04. The van der Waals surface area contributed by atoms with E-state index < -0.39 is 6.09 Å². The molecule has 5 rings (SSSR count). The molecule has 1 N–H and O–H groups in total. The molecule has 1 aromatic heterocycles. The van der Waals surface area contributed by atoms with E-state index in [0.717, 1.165) is 16.8 Å². The number of fused-ring (bicyclic) bond motifs is 2. The molecule has 0 bridgehead atoms. The van der Waals surface area contributed by atoms with Crippen molar-refractivity contribution in [2.45, 2.75) is 31.9 Å². The van der Waals surface area contributed by atoms with E-state index >= 15 is 0 Å². The molecule has 33 heavy (non-hydrogen) atoms. The van der Waals surface area contributed by atoms with Crippen LogP contribution in [0.2, 0.25) is 0 Å². The number of ether oxygens (including phenoxy) is 2. The van der Waals surface area contributed by atoms with Crippen LogP contribution in [0.4, 0.5) is 20.7 Å². The number of pyridine rings is 1. The fourth-order valence-corrected chi connectivity index (χ4v) is 4.48. The Labute approximate surface area is 191 Å². The molecule has 2 amide bonds. The van der Waals surface area contributed by atoms with Crippen molar-refractivity contribution >= 4 is 23.5 Å². The zero-order chi connectivity index (χ0) is 23.1. The zero-order valence-electron chi connectivity index (χ0n) is 18.4. The van der Waals surface area contributed by atoms with Crippen LogP contribution >= 0.6 is 0 Å². The van der Waals surface area contributed by atoms with Crippen molar-refractivity contribution in [1.29, 1.82) is 0 Å². The van der Waals surface area contributed by atoms with Crippen molar-refractivity contribution in [2.75, 3.05) is 36.5 Å². The Morgan fingerprint density at radius 1 is 1.24 bits per heavy atom. The topological polar surface area (TPSA) is 84.0 Å². The fourth-order valence-electron chi connectivity index (χ4n) is 4.48. The number of amides is 2. The SMILES string of the molecule is C=C1COc2ccc(N3CC(CCNCc4c(F)ccc5c4N(C)C(=O)C5)OC3=O)nc2C1. The van der Waals surface area contributed by atoms with E-state index in [4.69, 9.17) is 9.47 Å². The molecule has 172 valence electrons. The number of likely N-dealkylation sites (N-methyl/N-ethyl adjacent to an activating group) is 1. The number of halogens is 1. The second kappa shape index (κ2) is 8.47. The van der Waals surface area contributed by atoms with Crippen LogP contribution in [0.15, 0.2) is 36.4 Å². The second-order valence-corrected chi connectivity index (χ2v) is 8.57. The van der Waals surface area contributed by atoms with Gasteiger partial charge in [-0.25, -0.2) is 14.2 Å². The quantitative estimate of drug-likeness (QED) is 0.536. The van der Waals surface area contributed by atoms with Crippen LogP contribution in [0.3, 0.4) is 0 Å². The van der Waals surface area contributed by atoms with Crippen molar-refractivity contribution in [3.8, 4) is 5.75 Å². The van der Waals surface area contributed by atoms with E-state index in [2.05, 4.69) is 16.9 Å². The fraction of sp³-hybridized carbons (Fsp3) is 0.375. The van der Waals surface area contributed by atoms with Gasteiger partial charge in [0.15, 0.2) is 0 Å². The number of cyclic esters (lactones) is 1. The van der Waals surface area contributed by atoms with Gasteiger partial charge < -0.3 is 19.7 Å². The lowest BCUT2D eigenvalue weighted by Gasteiger charge is -2.20. The Morgan fingerprint density at radius 3 is 2.94 bits per heavy atom. The third-order valence-corrected chi connectivity index (χ3v) is 6.22. The average Bonchev–Trinajstić information content (AvgIpc) is 3.31. The lowest BCUT2D eigenvalue weighted by atomic mass is 10.1. The third-order valence-electron chi connectivity index (χ3n) is 6.22. The molecule has 0 aliphatic carbocycles. The molecular formula is C24H25FN4O4. The number of nitrogens with one attached hydrogen (secondary N) is 1. The summed E-state index contributed by atoms with van der Waals surface area (Å²) in [5.74, 6) is 0.862. The Balaban J connectivity index is 1.18. The van der Waals surface area contributed by atoms with Gasteiger partial charge >= 0.3 is 6.09 Å². The maximum absolute atomic E-state index is 14.4. The van der Waals surface area contributed by atoms with Crippen LogP contribution in [0, 0.1) is 5.82 Å². The highest BCUT2D eigenvalue weighted by Crippen LogP contribution is 2.33. The van der Waals surface area contributed by atoms with E-state index in [1.165, 1.54) is 15.9 Å². The number of carbonyl (C=O) groups excluding carboxylic acids is 2. The zero-order valence-corrected chi connectivity index (χ0v) is 18.4. The summed E-state index contributed by atoms with van der Waals surface area (Å²) in [6, 6.07) is 6.65. The predicted octanol–water partition coefficient (Wildman–Crippen LogP) is 2.74. The first-order valence-electron chi connectivity index (χ1n) is 11.0. The Kier molecular flexibility index (Phi) is 5.49. The monoisotopic (exact) mass is 452 g/mol. The van der Waals surface area contributed by atoms with E-state index in [1.807, 2.05) is 6.07 Å². The molecule has 3 aliphatic heterocycles. The van der Waals surface area contributed by atoms with E-state index in [0.29, 0.717) is 61.8 Å². The van der Waals surface area contributed by atoms with Gasteiger partial charge in [-0.3, -0.25) is 9.69 Å². The minimum absolute atomic E-state index is 0.0403. The van der Waals surface area contributed by atoms with Crippen molar-refractivity contribution < 1.29 is 23.5 Å². The van der Waals surface area contributed by atoms with Gasteiger partial charge in [-0.05, 0) is 42.3 Å². The smallest absolute Gasteiger partial charge is 0.415 e. The van der Waals surface area contributed by atoms with Crippen molar-refractivity contribution in [3.05, 3.63) is 59.1 Å². The first-order chi connectivity index (χ1) is 15.9. The molecule has 4 heterocycles. The summed E-state index contributed by atoms with van der Waals surface area (Å²) in [7, 11) is 1.67. The molecule has 0 radical (unpaired) electrons. The van der Waals surface area contributed by atoms with Gasteiger partial charge in [-0.1, -0.05) is 12.6 Å². The van der Waals surface area contributed by atoms with Gasteiger partial charge in [0.1, 0.15) is 30.1 Å². The van der Waals surface area contributed by atoms with Crippen LogP contribution < -0.4 is 19.9 Å². The largest absolute Gasteiger partial charge is 0.487 e. The Morgan fingerprint density at radius 2 is 2.09 bits per heavy atom. The molecule has 1 aromatic carbocycles. The average molecular weight is 452 g/mol. The second-order valence-electron chi connectivity index (χ2n) is 8.57. The minimum atomic E-state index is -0.435. The van der Waals surface area contributed by atoms with Gasteiger partial charge in [0.2, 0.25) is 5.91 Å². The molecular weight excluding hydrogens is 427 g/mol. The first kappa shape index (κ1) is 21.4. The summed E-state index contributed by atoms with van der Waals surface area (Å²) in [5.41, 5.74) is 3.68. The van der Waals surface area contributed by atoms with Crippen molar-refractivity contribution in [3.63, 3.8) is 0 Å². The highest BCUT2D eigenvalue weighted by molar-refractivity contribution is 6.01. The molecule has 1 saturated heterocycles. The number of hydrogen-bond donors (Lipinski definition) is 1. The van der Waals surface area contributed by atoms with Gasteiger partial charge in [-0.2, -0.15) is 0 Å². The summed E-state index contributed by atoms with van der Waals surface area (Å²) in [6.45, 7) is 5.63. The minimum Gasteiger partial charge on any atom is -0.487 e. The van der Waals surface area contributed by atoms with Crippen LogP contribution in [-0.2, 0) is 28.9 Å². The van der Waals surface area contributed by atoms with Crippen LogP contribution in [0.1, 0.15) is 23.2 Å². The standard InChI is InChI=1S/C24H25FN4O4/c1-14-9-19-20(32-13-14)5-6-21(27-19)29-12-16(33-24(29)31)7-8-26-11-17-18(25)4-3-15-10-22(30)28(2)23(15)17/h3-6,16,26H,1,7-13H2,2H3. The number of carbonyl (C=O) groups is 2. The molecule has 0 spiro atoms. The van der Waals surface area contributed by atoms with E-state index in [1.54, 1.807) is 19.2 Å². The molecule has 8 nitrogen and oxygen atoms in total. The van der Waals surface area contributed by atoms with E-state index in [-0.39, 0.29) is 24.4 Å².